The molecule has 0 fully saturated rings. The molecule has 150 valence electrons. The molecule has 0 aromatic heterocycles. The van der Waals surface area contributed by atoms with Crippen LogP contribution in [0.4, 0.5) is 4.79 Å². The molecule has 0 heterocycles. The number of allylic oxidation sites excluding steroid dienone is 2. The number of aliphatic hydroxyl groups excluding tert-OH is 1. The van der Waals surface area contributed by atoms with E-state index in [0.29, 0.717) is 5.76 Å². The molecule has 27 heavy (non-hydrogen) atoms. The van der Waals surface area contributed by atoms with Crippen molar-refractivity contribution in [3.05, 3.63) is 57.8 Å². The number of benzene rings is 1. The van der Waals surface area contributed by atoms with Crippen molar-refractivity contribution in [3.8, 4) is 0 Å². The molecule has 2 atom stereocenters. The average Bonchev–Trinajstić information content (AvgIpc) is 2.53. The van der Waals surface area contributed by atoms with E-state index in [2.05, 4.69) is 15.9 Å². The first-order valence-corrected chi connectivity index (χ1v) is 10.1. The SMILES string of the molecule is CC(C)=C/C(=C/[C@H](C)[C@H](O)c1ccc(Br)cc1)OC(=O)N(C(C)C)C(C)C. The number of rotatable bonds is 7. The zero-order valence-electron chi connectivity index (χ0n) is 17.4. The predicted molar refractivity (Wildman–Crippen MR) is 114 cm³/mol. The lowest BCUT2D eigenvalue weighted by Crippen LogP contribution is -2.42. The van der Waals surface area contributed by atoms with Gasteiger partial charge in [0.1, 0.15) is 5.76 Å². The molecule has 1 amide bonds. The highest BCUT2D eigenvalue weighted by molar-refractivity contribution is 9.10. The van der Waals surface area contributed by atoms with Gasteiger partial charge in [-0.2, -0.15) is 0 Å². The molecule has 0 bridgehead atoms. The van der Waals surface area contributed by atoms with E-state index in [1.807, 2.05) is 78.8 Å². The van der Waals surface area contributed by atoms with Crippen LogP contribution in [0.15, 0.2) is 52.2 Å². The van der Waals surface area contributed by atoms with E-state index in [1.54, 1.807) is 11.0 Å². The summed E-state index contributed by atoms with van der Waals surface area (Å²) in [6, 6.07) is 7.63. The Balaban J connectivity index is 3.05. The van der Waals surface area contributed by atoms with E-state index in [4.69, 9.17) is 4.74 Å². The van der Waals surface area contributed by atoms with Crippen molar-refractivity contribution in [1.29, 1.82) is 0 Å². The smallest absolute Gasteiger partial charge is 0.411 e. The number of carbonyl (C=O) groups is 1. The molecule has 5 heteroatoms. The van der Waals surface area contributed by atoms with Crippen molar-refractivity contribution in [2.45, 2.75) is 66.7 Å². The number of nitrogens with zero attached hydrogens (tertiary/aromatic N) is 1. The normalized spacial score (nSPS) is 14.1. The predicted octanol–water partition coefficient (Wildman–Crippen LogP) is 6.22. The van der Waals surface area contributed by atoms with Gasteiger partial charge in [-0.05, 0) is 71.4 Å². The molecule has 0 spiro atoms. The monoisotopic (exact) mass is 437 g/mol. The highest BCUT2D eigenvalue weighted by atomic mass is 79.9. The van der Waals surface area contributed by atoms with Gasteiger partial charge in [-0.1, -0.05) is 40.6 Å². The highest BCUT2D eigenvalue weighted by Gasteiger charge is 2.23. The van der Waals surface area contributed by atoms with Gasteiger partial charge in [0.15, 0.2) is 0 Å². The van der Waals surface area contributed by atoms with Gasteiger partial charge in [0.2, 0.25) is 0 Å². The second-order valence-electron chi connectivity index (χ2n) is 7.61. The van der Waals surface area contributed by atoms with Crippen molar-refractivity contribution < 1.29 is 14.6 Å². The van der Waals surface area contributed by atoms with Gasteiger partial charge in [-0.25, -0.2) is 4.79 Å². The Labute approximate surface area is 172 Å². The topological polar surface area (TPSA) is 49.8 Å². The van der Waals surface area contributed by atoms with Crippen LogP contribution in [0.3, 0.4) is 0 Å². The summed E-state index contributed by atoms with van der Waals surface area (Å²) in [5.41, 5.74) is 1.83. The first-order chi connectivity index (χ1) is 12.5. The molecule has 1 N–H and O–H groups in total. The molecule has 0 aliphatic carbocycles. The minimum atomic E-state index is -0.691. The van der Waals surface area contributed by atoms with Gasteiger partial charge >= 0.3 is 6.09 Å². The summed E-state index contributed by atoms with van der Waals surface area (Å²) in [6.45, 7) is 13.6. The first-order valence-electron chi connectivity index (χ1n) is 9.33. The maximum Gasteiger partial charge on any atom is 0.415 e. The van der Waals surface area contributed by atoms with Crippen molar-refractivity contribution in [3.63, 3.8) is 0 Å². The number of aliphatic hydroxyl groups is 1. The fourth-order valence-corrected chi connectivity index (χ4v) is 3.15. The van der Waals surface area contributed by atoms with Crippen molar-refractivity contribution in [2.75, 3.05) is 0 Å². The summed E-state index contributed by atoms with van der Waals surface area (Å²) in [6.07, 6.45) is 2.55. The minimum Gasteiger partial charge on any atom is -0.411 e. The van der Waals surface area contributed by atoms with Crippen LogP contribution in [0, 0.1) is 5.92 Å². The van der Waals surface area contributed by atoms with E-state index in [0.717, 1.165) is 15.6 Å². The Morgan fingerprint density at radius 2 is 1.59 bits per heavy atom. The van der Waals surface area contributed by atoms with E-state index >= 15 is 0 Å². The van der Waals surface area contributed by atoms with Crippen LogP contribution in [0.2, 0.25) is 0 Å². The maximum absolute atomic E-state index is 12.6. The van der Waals surface area contributed by atoms with Crippen LogP contribution in [-0.4, -0.2) is 28.2 Å². The molecular formula is C22H32BrNO3. The summed E-state index contributed by atoms with van der Waals surface area (Å²) in [7, 11) is 0. The molecular weight excluding hydrogens is 406 g/mol. The molecule has 0 saturated heterocycles. The average molecular weight is 438 g/mol. The number of halogens is 1. The van der Waals surface area contributed by atoms with Crippen molar-refractivity contribution in [2.24, 2.45) is 5.92 Å². The molecule has 1 rings (SSSR count). The summed E-state index contributed by atoms with van der Waals surface area (Å²) < 4.78 is 6.64. The van der Waals surface area contributed by atoms with E-state index in [1.165, 1.54) is 0 Å². The van der Waals surface area contributed by atoms with Crippen LogP contribution >= 0.6 is 15.9 Å². The molecule has 0 unspecified atom stereocenters. The molecule has 1 aromatic rings. The summed E-state index contributed by atoms with van der Waals surface area (Å²) in [4.78, 5) is 14.3. The zero-order chi connectivity index (χ0) is 20.7. The Kier molecular flexibility index (Phi) is 9.27. The van der Waals surface area contributed by atoms with E-state index in [9.17, 15) is 9.90 Å². The van der Waals surface area contributed by atoms with Crippen LogP contribution in [0.25, 0.3) is 0 Å². The molecule has 0 saturated carbocycles. The fraction of sp³-hybridized carbons (Fsp3) is 0.500. The Hall–Kier alpha value is -1.59. The Bertz CT molecular complexity index is 665. The number of amides is 1. The summed E-state index contributed by atoms with van der Waals surface area (Å²) in [5.74, 6) is 0.228. The number of carbonyl (C=O) groups excluding carboxylic acids is 1. The Morgan fingerprint density at radius 3 is 2.04 bits per heavy atom. The molecule has 0 radical (unpaired) electrons. The van der Waals surface area contributed by atoms with Gasteiger partial charge in [0.05, 0.1) is 6.10 Å². The lowest BCUT2D eigenvalue weighted by Gasteiger charge is -2.30. The van der Waals surface area contributed by atoms with Gasteiger partial charge in [0.25, 0.3) is 0 Å². The second-order valence-corrected chi connectivity index (χ2v) is 8.52. The highest BCUT2D eigenvalue weighted by Crippen LogP contribution is 2.26. The van der Waals surface area contributed by atoms with Gasteiger partial charge < -0.3 is 14.7 Å². The van der Waals surface area contributed by atoms with Crippen molar-refractivity contribution in [1.82, 2.24) is 4.90 Å². The Morgan fingerprint density at radius 1 is 1.07 bits per heavy atom. The lowest BCUT2D eigenvalue weighted by atomic mass is 9.96. The lowest BCUT2D eigenvalue weighted by molar-refractivity contribution is 0.101. The van der Waals surface area contributed by atoms with Crippen LogP contribution in [-0.2, 0) is 4.74 Å². The number of hydrogen-bond acceptors (Lipinski definition) is 3. The van der Waals surface area contributed by atoms with Crippen LogP contribution in [0.5, 0.6) is 0 Å². The third-order valence-corrected chi connectivity index (χ3v) is 4.62. The molecule has 0 aliphatic heterocycles. The quantitative estimate of drug-likeness (QED) is 0.406. The second kappa shape index (κ2) is 10.7. The summed E-state index contributed by atoms with van der Waals surface area (Å²) in [5, 5.41) is 10.7. The molecule has 0 aliphatic rings. The van der Waals surface area contributed by atoms with Gasteiger partial charge in [-0.15, -0.1) is 0 Å². The maximum atomic E-state index is 12.6. The standard InChI is InChI=1S/C22H32BrNO3/c1-14(2)12-20(27-22(26)24(15(3)4)16(5)6)13-17(7)21(25)18-8-10-19(23)11-9-18/h8-13,15-17,21,25H,1-7H3/b20-13-/t17-,21-/m0/s1. The van der Waals surface area contributed by atoms with Crippen LogP contribution < -0.4 is 0 Å². The minimum absolute atomic E-state index is 0.0382. The molecule has 4 nitrogen and oxygen atoms in total. The van der Waals surface area contributed by atoms with E-state index < -0.39 is 6.10 Å². The van der Waals surface area contributed by atoms with E-state index in [-0.39, 0.29) is 24.1 Å². The number of hydrogen-bond donors (Lipinski definition) is 1. The summed E-state index contributed by atoms with van der Waals surface area (Å²) >= 11 is 3.40. The third-order valence-electron chi connectivity index (χ3n) is 4.10. The first kappa shape index (κ1) is 23.4. The number of ether oxygens (including phenoxy) is 1. The third kappa shape index (κ3) is 7.51. The van der Waals surface area contributed by atoms with Crippen LogP contribution in [0.1, 0.15) is 60.1 Å². The zero-order valence-corrected chi connectivity index (χ0v) is 18.9. The van der Waals surface area contributed by atoms with Gasteiger partial charge in [0, 0.05) is 22.5 Å². The van der Waals surface area contributed by atoms with Gasteiger partial charge in [-0.3, -0.25) is 0 Å². The molecule has 1 aromatic carbocycles. The largest absolute Gasteiger partial charge is 0.415 e. The van der Waals surface area contributed by atoms with Crippen molar-refractivity contribution >= 4 is 22.0 Å². The fourth-order valence-electron chi connectivity index (χ4n) is 2.88.